The van der Waals surface area contributed by atoms with Gasteiger partial charge in [0.2, 0.25) is 0 Å². The molecule has 2 aromatic carbocycles. The summed E-state index contributed by atoms with van der Waals surface area (Å²) in [4.78, 5) is 23.6. The first-order valence-electron chi connectivity index (χ1n) is 8.04. The summed E-state index contributed by atoms with van der Waals surface area (Å²) in [5.41, 5.74) is 1.40. The maximum Gasteiger partial charge on any atom is 0.270 e. The van der Waals surface area contributed by atoms with Gasteiger partial charge >= 0.3 is 0 Å². The highest BCUT2D eigenvalue weighted by Gasteiger charge is 2.14. The topological polar surface area (TPSA) is 76.7 Å². The summed E-state index contributed by atoms with van der Waals surface area (Å²) in [6.07, 6.45) is 0.828. The lowest BCUT2D eigenvalue weighted by atomic mass is 10.2. The van der Waals surface area contributed by atoms with Crippen molar-refractivity contribution < 1.29 is 14.6 Å². The number of nitrogens with one attached hydrogen (secondary N) is 2. The minimum atomic E-state index is -0.543. The molecule has 2 N–H and O–H groups in total. The Morgan fingerprint density at radius 3 is 2.60 bits per heavy atom. The largest absolute Gasteiger partial charge is 0.352 e. The Balaban J connectivity index is 1.76. The number of carbonyl (C=O) groups excluding carboxylic acids is 1. The van der Waals surface area contributed by atoms with E-state index in [1.807, 2.05) is 18.2 Å². The fourth-order valence-corrected chi connectivity index (χ4v) is 2.78. The van der Waals surface area contributed by atoms with Crippen LogP contribution in [-0.2, 0) is 6.54 Å². The van der Waals surface area contributed by atoms with Crippen molar-refractivity contribution in [3.8, 4) is 0 Å². The molecule has 0 saturated carbocycles. The van der Waals surface area contributed by atoms with Crippen molar-refractivity contribution in [2.24, 2.45) is 0 Å². The molecule has 1 amide bonds. The van der Waals surface area contributed by atoms with Gasteiger partial charge in [-0.25, -0.2) is 0 Å². The van der Waals surface area contributed by atoms with E-state index < -0.39 is 4.92 Å². The van der Waals surface area contributed by atoms with Crippen LogP contribution in [-0.4, -0.2) is 31.0 Å². The van der Waals surface area contributed by atoms with E-state index in [0.717, 1.165) is 19.5 Å². The predicted octanol–water partition coefficient (Wildman–Crippen LogP) is 2.08. The number of benzene rings is 2. The Morgan fingerprint density at radius 2 is 1.96 bits per heavy atom. The number of hydrogen-bond acceptors (Lipinski definition) is 3. The van der Waals surface area contributed by atoms with Gasteiger partial charge in [-0.1, -0.05) is 41.9 Å². The molecule has 0 aromatic heterocycles. The molecule has 0 radical (unpaired) electrons. The van der Waals surface area contributed by atoms with Crippen molar-refractivity contribution in [2.45, 2.75) is 13.0 Å². The third-order valence-corrected chi connectivity index (χ3v) is 4.14. The number of non-ortho nitro benzene ring substituents is 1. The quantitative estimate of drug-likeness (QED) is 0.429. The molecule has 132 valence electrons. The zero-order chi connectivity index (χ0) is 18.2. The second kappa shape index (κ2) is 9.15. The number of hydrogen-bond donors (Lipinski definition) is 2. The molecule has 0 heterocycles. The van der Waals surface area contributed by atoms with Crippen molar-refractivity contribution in [3.63, 3.8) is 0 Å². The number of nitrogens with zero attached hydrogens (tertiary/aromatic N) is 1. The Kier molecular flexibility index (Phi) is 6.91. The zero-order valence-corrected chi connectivity index (χ0v) is 14.8. The first kappa shape index (κ1) is 18.9. The second-order valence-corrected chi connectivity index (χ2v) is 6.31. The molecule has 0 spiro atoms. The lowest BCUT2D eigenvalue weighted by molar-refractivity contribution is -0.893. The maximum atomic E-state index is 12.1. The minimum Gasteiger partial charge on any atom is -0.352 e. The standard InChI is InChI=1S/C18H20ClN3O3/c1-21(13-14-6-3-2-4-7-14)11-5-10-20-18(23)16-9-8-15(22(24)25)12-17(16)19/h2-4,6-9,12H,5,10-11,13H2,1H3,(H,20,23)/p+1. The van der Waals surface area contributed by atoms with Crippen LogP contribution in [0.2, 0.25) is 5.02 Å². The summed E-state index contributed by atoms with van der Waals surface area (Å²) >= 11 is 5.95. The summed E-state index contributed by atoms with van der Waals surface area (Å²) in [6, 6.07) is 14.1. The molecule has 2 aromatic rings. The molecule has 2 rings (SSSR count). The summed E-state index contributed by atoms with van der Waals surface area (Å²) < 4.78 is 0. The summed E-state index contributed by atoms with van der Waals surface area (Å²) in [5.74, 6) is -0.319. The monoisotopic (exact) mass is 362 g/mol. The van der Waals surface area contributed by atoms with Crippen molar-refractivity contribution in [1.82, 2.24) is 5.32 Å². The molecular formula is C18H21ClN3O3+. The number of nitro groups is 1. The van der Waals surface area contributed by atoms with Crippen LogP contribution in [0.3, 0.4) is 0 Å². The molecule has 0 bridgehead atoms. The van der Waals surface area contributed by atoms with E-state index >= 15 is 0 Å². The van der Waals surface area contributed by atoms with Crippen LogP contribution in [0.15, 0.2) is 48.5 Å². The van der Waals surface area contributed by atoms with Gasteiger partial charge in [0.05, 0.1) is 29.1 Å². The van der Waals surface area contributed by atoms with Gasteiger partial charge in [0.25, 0.3) is 11.6 Å². The van der Waals surface area contributed by atoms with Crippen LogP contribution in [0, 0.1) is 10.1 Å². The summed E-state index contributed by atoms with van der Waals surface area (Å²) in [5, 5.41) is 13.6. The average Bonchev–Trinajstić information content (AvgIpc) is 2.59. The normalized spacial score (nSPS) is 11.8. The fourth-order valence-electron chi connectivity index (χ4n) is 2.52. The highest BCUT2D eigenvalue weighted by atomic mass is 35.5. The maximum absolute atomic E-state index is 12.1. The molecule has 1 unspecified atom stereocenters. The smallest absolute Gasteiger partial charge is 0.270 e. The Labute approximate surface area is 151 Å². The number of quaternary nitrogens is 1. The van der Waals surface area contributed by atoms with E-state index in [1.165, 1.54) is 28.7 Å². The van der Waals surface area contributed by atoms with Crippen molar-refractivity contribution in [2.75, 3.05) is 20.1 Å². The number of rotatable bonds is 8. The molecule has 0 saturated heterocycles. The third kappa shape index (κ3) is 5.85. The average molecular weight is 363 g/mol. The van der Waals surface area contributed by atoms with Gasteiger partial charge in [-0.15, -0.1) is 0 Å². The van der Waals surface area contributed by atoms with Crippen molar-refractivity contribution >= 4 is 23.2 Å². The van der Waals surface area contributed by atoms with Crippen LogP contribution < -0.4 is 10.2 Å². The Hall–Kier alpha value is -2.44. The molecule has 7 heteroatoms. The summed E-state index contributed by atoms with van der Waals surface area (Å²) in [6.45, 7) is 2.38. The van der Waals surface area contributed by atoms with E-state index in [-0.39, 0.29) is 22.2 Å². The number of halogens is 1. The van der Waals surface area contributed by atoms with Crippen molar-refractivity contribution in [3.05, 3.63) is 74.8 Å². The van der Waals surface area contributed by atoms with Gasteiger partial charge in [0, 0.05) is 30.7 Å². The molecule has 0 aliphatic heterocycles. The molecule has 25 heavy (non-hydrogen) atoms. The first-order chi connectivity index (χ1) is 12.0. The second-order valence-electron chi connectivity index (χ2n) is 5.90. The van der Waals surface area contributed by atoms with Crippen LogP contribution in [0.25, 0.3) is 0 Å². The predicted molar refractivity (Wildman–Crippen MR) is 97.0 cm³/mol. The fraction of sp³-hybridized carbons (Fsp3) is 0.278. The Bertz CT molecular complexity index is 738. The highest BCUT2D eigenvalue weighted by molar-refractivity contribution is 6.34. The SMILES string of the molecule is C[NH+](CCCNC(=O)c1ccc([N+](=O)[O-])cc1Cl)Cc1ccccc1. The van der Waals surface area contributed by atoms with Gasteiger partial charge in [0.15, 0.2) is 0 Å². The van der Waals surface area contributed by atoms with E-state index in [0.29, 0.717) is 6.54 Å². The van der Waals surface area contributed by atoms with Gasteiger partial charge < -0.3 is 10.2 Å². The number of amides is 1. The van der Waals surface area contributed by atoms with Crippen LogP contribution in [0.4, 0.5) is 5.69 Å². The van der Waals surface area contributed by atoms with Crippen molar-refractivity contribution in [1.29, 1.82) is 0 Å². The minimum absolute atomic E-state index is 0.0820. The molecular weight excluding hydrogens is 342 g/mol. The molecule has 1 atom stereocenters. The van der Waals surface area contributed by atoms with E-state index in [4.69, 9.17) is 11.6 Å². The lowest BCUT2D eigenvalue weighted by Gasteiger charge is -2.14. The van der Waals surface area contributed by atoms with Crippen LogP contribution in [0.1, 0.15) is 22.3 Å². The molecule has 0 aliphatic rings. The van der Waals surface area contributed by atoms with Gasteiger partial charge in [-0.2, -0.15) is 0 Å². The Morgan fingerprint density at radius 1 is 1.24 bits per heavy atom. The third-order valence-electron chi connectivity index (χ3n) is 3.82. The van der Waals surface area contributed by atoms with Gasteiger partial charge in [-0.3, -0.25) is 14.9 Å². The number of nitro benzene ring substituents is 1. The van der Waals surface area contributed by atoms with Crippen LogP contribution in [0.5, 0.6) is 0 Å². The zero-order valence-electron chi connectivity index (χ0n) is 14.0. The lowest BCUT2D eigenvalue weighted by Crippen LogP contribution is -3.07. The first-order valence-corrected chi connectivity index (χ1v) is 8.42. The van der Waals surface area contributed by atoms with E-state index in [1.54, 1.807) is 0 Å². The van der Waals surface area contributed by atoms with E-state index in [2.05, 4.69) is 24.5 Å². The van der Waals surface area contributed by atoms with Gasteiger partial charge in [-0.05, 0) is 6.07 Å². The summed E-state index contributed by atoms with van der Waals surface area (Å²) in [7, 11) is 2.11. The van der Waals surface area contributed by atoms with Crippen LogP contribution >= 0.6 is 11.6 Å². The number of carbonyl (C=O) groups is 1. The molecule has 0 fully saturated rings. The molecule has 0 aliphatic carbocycles. The van der Waals surface area contributed by atoms with E-state index in [9.17, 15) is 14.9 Å². The molecule has 6 nitrogen and oxygen atoms in total. The highest BCUT2D eigenvalue weighted by Crippen LogP contribution is 2.22. The van der Waals surface area contributed by atoms with Gasteiger partial charge in [0.1, 0.15) is 6.54 Å².